The van der Waals surface area contributed by atoms with Crippen molar-refractivity contribution in [2.75, 3.05) is 0 Å². The molecule has 100 valence electrons. The summed E-state index contributed by atoms with van der Waals surface area (Å²) in [6.07, 6.45) is 3.31. The molecule has 0 aromatic heterocycles. The van der Waals surface area contributed by atoms with E-state index < -0.39 is 13.7 Å². The highest BCUT2D eigenvalue weighted by Gasteiger charge is 2.87. The standard InChI is InChI=1S/C15H24O2Si/c1-7-8-18(5,6)15-10(13(15,2)3)9-11-14(4,17-11)12(15)16/h7,10-11H,1,8-9H2,2-6H3/t10?,11-,14-,15+/m0/s1. The summed E-state index contributed by atoms with van der Waals surface area (Å²) in [6, 6.07) is 1.03. The van der Waals surface area contributed by atoms with E-state index in [1.165, 1.54) is 0 Å². The zero-order chi connectivity index (χ0) is 13.6. The highest BCUT2D eigenvalue weighted by Crippen LogP contribution is 2.86. The number of fused-ring (bicyclic) bond motifs is 2. The van der Waals surface area contributed by atoms with Crippen LogP contribution in [0.5, 0.6) is 0 Å². The molecule has 2 saturated carbocycles. The predicted molar refractivity (Wildman–Crippen MR) is 75.4 cm³/mol. The zero-order valence-electron chi connectivity index (χ0n) is 12.2. The van der Waals surface area contributed by atoms with Crippen LogP contribution in [0, 0.1) is 11.3 Å². The molecule has 2 aliphatic carbocycles. The molecule has 1 saturated heterocycles. The number of hydrogen-bond acceptors (Lipinski definition) is 2. The van der Waals surface area contributed by atoms with Crippen LogP contribution in [0.4, 0.5) is 0 Å². The number of epoxide rings is 1. The molecule has 0 radical (unpaired) electrons. The van der Waals surface area contributed by atoms with Crippen LogP contribution < -0.4 is 0 Å². The lowest BCUT2D eigenvalue weighted by atomic mass is 9.88. The molecule has 1 aliphatic heterocycles. The largest absolute Gasteiger partial charge is 0.358 e. The van der Waals surface area contributed by atoms with Gasteiger partial charge >= 0.3 is 0 Å². The average Bonchev–Trinajstić information content (AvgIpc) is 3.02. The fraction of sp³-hybridized carbons (Fsp3) is 0.800. The highest BCUT2D eigenvalue weighted by atomic mass is 28.3. The normalized spacial score (nSPS) is 48.2. The van der Waals surface area contributed by atoms with Crippen molar-refractivity contribution in [2.45, 2.75) is 63.1 Å². The van der Waals surface area contributed by atoms with Crippen LogP contribution in [0.15, 0.2) is 12.7 Å². The first-order valence-corrected chi connectivity index (χ1v) is 10.2. The molecular formula is C15H24O2Si. The Bertz CT molecular complexity index is 453. The Morgan fingerprint density at radius 3 is 2.61 bits per heavy atom. The summed E-state index contributed by atoms with van der Waals surface area (Å²) in [5, 5.41) is -0.0735. The molecule has 3 fully saturated rings. The third-order valence-corrected chi connectivity index (χ3v) is 10.9. The number of ketones is 1. The number of Topliss-reactive ketones (excluding diaryl/α,β-unsaturated/α-hetero) is 1. The summed E-state index contributed by atoms with van der Waals surface area (Å²) in [4.78, 5) is 13.1. The number of ether oxygens (including phenoxy) is 1. The maximum absolute atomic E-state index is 13.1. The lowest BCUT2D eigenvalue weighted by Gasteiger charge is -2.37. The molecule has 0 aromatic carbocycles. The molecule has 3 aliphatic rings. The van der Waals surface area contributed by atoms with Gasteiger partial charge in [-0.2, -0.15) is 0 Å². The Kier molecular flexibility index (Phi) is 2.11. The molecule has 0 bridgehead atoms. The van der Waals surface area contributed by atoms with Gasteiger partial charge in [-0.15, -0.1) is 6.58 Å². The van der Waals surface area contributed by atoms with Gasteiger partial charge in [0.2, 0.25) is 0 Å². The van der Waals surface area contributed by atoms with Gasteiger partial charge in [-0.3, -0.25) is 4.79 Å². The molecule has 1 heterocycles. The van der Waals surface area contributed by atoms with Gasteiger partial charge in [0.15, 0.2) is 11.4 Å². The minimum atomic E-state index is -1.66. The first-order valence-electron chi connectivity index (χ1n) is 7.00. The maximum atomic E-state index is 13.1. The average molecular weight is 264 g/mol. The Hall–Kier alpha value is -0.413. The van der Waals surface area contributed by atoms with Crippen LogP contribution in [-0.4, -0.2) is 25.6 Å². The van der Waals surface area contributed by atoms with Gasteiger partial charge in [0.25, 0.3) is 0 Å². The first kappa shape index (κ1) is 12.6. The molecule has 0 amide bonds. The minimum Gasteiger partial charge on any atom is -0.358 e. The Balaban J connectivity index is 2.08. The van der Waals surface area contributed by atoms with E-state index in [9.17, 15) is 4.79 Å². The van der Waals surface area contributed by atoms with Crippen molar-refractivity contribution >= 4 is 13.9 Å². The topological polar surface area (TPSA) is 29.6 Å². The number of carbonyl (C=O) groups is 1. The van der Waals surface area contributed by atoms with Crippen molar-refractivity contribution in [3.63, 3.8) is 0 Å². The smallest absolute Gasteiger partial charge is 0.171 e. The molecule has 4 atom stereocenters. The zero-order valence-corrected chi connectivity index (χ0v) is 13.2. The van der Waals surface area contributed by atoms with E-state index in [1.54, 1.807) is 0 Å². The summed E-state index contributed by atoms with van der Waals surface area (Å²) in [5.41, 5.74) is -0.279. The van der Waals surface area contributed by atoms with Crippen LogP contribution in [-0.2, 0) is 9.53 Å². The van der Waals surface area contributed by atoms with Crippen LogP contribution in [0.25, 0.3) is 0 Å². The Morgan fingerprint density at radius 2 is 2.06 bits per heavy atom. The fourth-order valence-electron chi connectivity index (χ4n) is 5.31. The van der Waals surface area contributed by atoms with Crippen LogP contribution >= 0.6 is 0 Å². The second kappa shape index (κ2) is 3.01. The predicted octanol–water partition coefficient (Wildman–Crippen LogP) is 3.41. The summed E-state index contributed by atoms with van der Waals surface area (Å²) < 4.78 is 5.72. The monoisotopic (exact) mass is 264 g/mol. The molecule has 0 aromatic rings. The Labute approximate surface area is 111 Å². The van der Waals surface area contributed by atoms with E-state index >= 15 is 0 Å². The highest BCUT2D eigenvalue weighted by molar-refractivity contribution is 6.85. The van der Waals surface area contributed by atoms with Crippen molar-refractivity contribution in [1.29, 1.82) is 0 Å². The van der Waals surface area contributed by atoms with Gasteiger partial charge in [0, 0.05) is 5.04 Å². The van der Waals surface area contributed by atoms with Crippen LogP contribution in [0.3, 0.4) is 0 Å². The van der Waals surface area contributed by atoms with Gasteiger partial charge in [0.1, 0.15) is 0 Å². The summed E-state index contributed by atoms with van der Waals surface area (Å²) in [5.74, 6) is 0.958. The van der Waals surface area contributed by atoms with Crippen molar-refractivity contribution in [1.82, 2.24) is 0 Å². The first-order chi connectivity index (χ1) is 8.16. The number of rotatable bonds is 3. The van der Waals surface area contributed by atoms with E-state index in [1.807, 2.05) is 13.0 Å². The third kappa shape index (κ3) is 1.04. The van der Waals surface area contributed by atoms with Crippen molar-refractivity contribution < 1.29 is 9.53 Å². The van der Waals surface area contributed by atoms with E-state index in [4.69, 9.17) is 4.74 Å². The molecule has 3 heteroatoms. The molecule has 3 rings (SSSR count). The van der Waals surface area contributed by atoms with Crippen LogP contribution in [0.2, 0.25) is 24.2 Å². The number of carbonyl (C=O) groups excluding carboxylic acids is 1. The lowest BCUT2D eigenvalue weighted by Crippen LogP contribution is -2.48. The van der Waals surface area contributed by atoms with Crippen molar-refractivity contribution in [3.05, 3.63) is 12.7 Å². The van der Waals surface area contributed by atoms with Crippen LogP contribution in [0.1, 0.15) is 27.2 Å². The second-order valence-corrected chi connectivity index (χ2v) is 12.7. The van der Waals surface area contributed by atoms with E-state index in [0.717, 1.165) is 12.5 Å². The van der Waals surface area contributed by atoms with Gasteiger partial charge < -0.3 is 4.74 Å². The van der Waals surface area contributed by atoms with E-state index in [0.29, 0.717) is 11.7 Å². The quantitative estimate of drug-likeness (QED) is 0.444. The maximum Gasteiger partial charge on any atom is 0.171 e. The molecule has 1 unspecified atom stereocenters. The minimum absolute atomic E-state index is 0.0735. The van der Waals surface area contributed by atoms with Crippen molar-refractivity contribution in [3.8, 4) is 0 Å². The van der Waals surface area contributed by atoms with Crippen molar-refractivity contribution in [2.24, 2.45) is 11.3 Å². The second-order valence-electron chi connectivity index (χ2n) is 7.74. The van der Waals surface area contributed by atoms with Gasteiger partial charge in [0.05, 0.1) is 14.2 Å². The van der Waals surface area contributed by atoms with E-state index in [-0.39, 0.29) is 16.6 Å². The summed E-state index contributed by atoms with van der Waals surface area (Å²) in [7, 11) is -1.66. The molecule has 18 heavy (non-hydrogen) atoms. The Morgan fingerprint density at radius 1 is 1.44 bits per heavy atom. The van der Waals surface area contributed by atoms with Gasteiger partial charge in [-0.25, -0.2) is 0 Å². The number of allylic oxidation sites excluding steroid dienone is 1. The summed E-state index contributed by atoms with van der Waals surface area (Å²) in [6.45, 7) is 15.2. The fourth-order valence-corrected chi connectivity index (χ4v) is 10.5. The lowest BCUT2D eigenvalue weighted by molar-refractivity contribution is -0.125. The number of hydrogen-bond donors (Lipinski definition) is 0. The van der Waals surface area contributed by atoms with Gasteiger partial charge in [-0.05, 0) is 30.7 Å². The SMILES string of the molecule is C=CC[Si](C)(C)[C@@]12C(=O)[C@@]3(C)O[C@H]3CC1C2(C)C. The molecular weight excluding hydrogens is 240 g/mol. The molecule has 0 spiro atoms. The summed E-state index contributed by atoms with van der Waals surface area (Å²) >= 11 is 0. The van der Waals surface area contributed by atoms with E-state index in [2.05, 4.69) is 33.5 Å². The third-order valence-electron chi connectivity index (χ3n) is 6.25. The molecule has 0 N–H and O–H groups in total. The molecule has 2 nitrogen and oxygen atoms in total. The van der Waals surface area contributed by atoms with Gasteiger partial charge in [-0.1, -0.05) is 33.0 Å².